The summed E-state index contributed by atoms with van der Waals surface area (Å²) in [5.41, 5.74) is 1.54. The van der Waals surface area contributed by atoms with Gasteiger partial charge in [0.25, 0.3) is 0 Å². The van der Waals surface area contributed by atoms with E-state index in [1.807, 2.05) is 12.3 Å². The third-order valence-electron chi connectivity index (χ3n) is 2.08. The van der Waals surface area contributed by atoms with E-state index >= 15 is 0 Å². The molecule has 0 aromatic carbocycles. The molecule has 0 atom stereocenters. The van der Waals surface area contributed by atoms with Gasteiger partial charge in [-0.1, -0.05) is 0 Å². The summed E-state index contributed by atoms with van der Waals surface area (Å²) in [6.07, 6.45) is 0. The quantitative estimate of drug-likeness (QED) is 0.581. The van der Waals surface area contributed by atoms with Crippen molar-refractivity contribution in [3.63, 3.8) is 0 Å². The van der Waals surface area contributed by atoms with Crippen LogP contribution in [-0.2, 0) is 19.1 Å². The van der Waals surface area contributed by atoms with Gasteiger partial charge in [0.1, 0.15) is 0 Å². The molecule has 0 aliphatic heterocycles. The Morgan fingerprint density at radius 2 is 1.73 bits per heavy atom. The van der Waals surface area contributed by atoms with E-state index in [9.17, 15) is 9.59 Å². The molecule has 15 heavy (non-hydrogen) atoms. The van der Waals surface area contributed by atoms with Crippen molar-refractivity contribution in [3.8, 4) is 0 Å². The van der Waals surface area contributed by atoms with Gasteiger partial charge in [-0.3, -0.25) is 9.59 Å². The van der Waals surface area contributed by atoms with Gasteiger partial charge >= 0.3 is 11.9 Å². The van der Waals surface area contributed by atoms with E-state index in [0.717, 1.165) is 5.56 Å². The van der Waals surface area contributed by atoms with Crippen molar-refractivity contribution in [1.29, 1.82) is 0 Å². The molecule has 0 fully saturated rings. The Kier molecular flexibility index (Phi) is 3.85. The summed E-state index contributed by atoms with van der Waals surface area (Å²) in [6, 6.07) is 0. The first-order valence-corrected chi connectivity index (χ1v) is 5.24. The molecular weight excluding hydrogens is 216 g/mol. The molecule has 5 heteroatoms. The van der Waals surface area contributed by atoms with Crippen LogP contribution in [-0.4, -0.2) is 26.2 Å². The highest BCUT2D eigenvalue weighted by atomic mass is 32.1. The largest absolute Gasteiger partial charge is 0.468 e. The number of hydrogen-bond acceptors (Lipinski definition) is 5. The van der Waals surface area contributed by atoms with Crippen molar-refractivity contribution < 1.29 is 19.1 Å². The Bertz CT molecular complexity index is 353. The van der Waals surface area contributed by atoms with Gasteiger partial charge in [-0.05, 0) is 28.8 Å². The van der Waals surface area contributed by atoms with Gasteiger partial charge in [-0.25, -0.2) is 0 Å². The number of methoxy groups -OCH3 is 2. The Labute approximate surface area is 91.8 Å². The van der Waals surface area contributed by atoms with Crippen LogP contribution in [0.3, 0.4) is 0 Å². The van der Waals surface area contributed by atoms with Crippen molar-refractivity contribution in [2.45, 2.75) is 12.8 Å². The second-order valence-corrected chi connectivity index (χ2v) is 3.73. The number of carbonyl (C=O) groups is 2. The van der Waals surface area contributed by atoms with Crippen LogP contribution < -0.4 is 0 Å². The number of aryl methyl sites for hydroxylation is 1. The fraction of sp³-hybridized carbons (Fsp3) is 0.400. The van der Waals surface area contributed by atoms with Crippen LogP contribution in [0.4, 0.5) is 0 Å². The summed E-state index contributed by atoms with van der Waals surface area (Å²) in [7, 11) is 2.50. The van der Waals surface area contributed by atoms with Crippen LogP contribution in [0.2, 0.25) is 0 Å². The summed E-state index contributed by atoms with van der Waals surface area (Å²) in [4.78, 5) is 22.9. The molecule has 1 heterocycles. The number of esters is 2. The molecule has 0 spiro atoms. The highest BCUT2D eigenvalue weighted by Crippen LogP contribution is 2.25. The number of rotatable bonds is 3. The second-order valence-electron chi connectivity index (χ2n) is 2.99. The second kappa shape index (κ2) is 4.93. The number of carbonyl (C=O) groups excluding carboxylic acids is 2. The minimum atomic E-state index is -0.966. The summed E-state index contributed by atoms with van der Waals surface area (Å²) < 4.78 is 9.16. The van der Waals surface area contributed by atoms with Crippen molar-refractivity contribution in [2.75, 3.05) is 14.2 Å². The third-order valence-corrected chi connectivity index (χ3v) is 2.96. The molecule has 0 unspecified atom stereocenters. The molecule has 0 amide bonds. The molecule has 82 valence electrons. The van der Waals surface area contributed by atoms with Gasteiger partial charge in [0.05, 0.1) is 14.2 Å². The Morgan fingerprint density at radius 1 is 1.20 bits per heavy atom. The molecule has 0 aliphatic carbocycles. The minimum absolute atomic E-state index is 0.594. The maximum absolute atomic E-state index is 11.4. The topological polar surface area (TPSA) is 52.6 Å². The lowest BCUT2D eigenvalue weighted by atomic mass is 9.99. The monoisotopic (exact) mass is 228 g/mol. The lowest BCUT2D eigenvalue weighted by Gasteiger charge is -2.11. The Balaban J connectivity index is 3.07. The van der Waals surface area contributed by atoms with Crippen molar-refractivity contribution >= 4 is 23.3 Å². The SMILES string of the molecule is COC(=O)C(C(=O)OC)c1cscc1C. The Hall–Kier alpha value is -1.36. The van der Waals surface area contributed by atoms with Crippen molar-refractivity contribution in [1.82, 2.24) is 0 Å². The summed E-state index contributed by atoms with van der Waals surface area (Å²) in [5.74, 6) is -2.15. The molecule has 0 saturated carbocycles. The van der Waals surface area contributed by atoms with E-state index in [4.69, 9.17) is 0 Å². The Morgan fingerprint density at radius 3 is 2.07 bits per heavy atom. The number of ether oxygens (including phenoxy) is 2. The lowest BCUT2D eigenvalue weighted by Crippen LogP contribution is -2.24. The first-order chi connectivity index (χ1) is 7.11. The molecule has 0 radical (unpaired) electrons. The third kappa shape index (κ3) is 2.36. The molecule has 4 nitrogen and oxygen atoms in total. The normalized spacial score (nSPS) is 10.1. The first-order valence-electron chi connectivity index (χ1n) is 4.30. The van der Waals surface area contributed by atoms with Crippen LogP contribution >= 0.6 is 11.3 Å². The van der Waals surface area contributed by atoms with Gasteiger partial charge in [0.2, 0.25) is 0 Å². The first kappa shape index (κ1) is 11.7. The van der Waals surface area contributed by atoms with Crippen LogP contribution in [0.25, 0.3) is 0 Å². The maximum atomic E-state index is 11.4. The molecule has 0 N–H and O–H groups in total. The van der Waals surface area contributed by atoms with Gasteiger partial charge in [0, 0.05) is 0 Å². The van der Waals surface area contributed by atoms with Gasteiger partial charge in [-0.2, -0.15) is 11.3 Å². The fourth-order valence-corrected chi connectivity index (χ4v) is 2.13. The van der Waals surface area contributed by atoms with Gasteiger partial charge in [0.15, 0.2) is 5.92 Å². The zero-order valence-electron chi connectivity index (χ0n) is 8.77. The summed E-state index contributed by atoms with van der Waals surface area (Å²) in [6.45, 7) is 1.84. The van der Waals surface area contributed by atoms with Crippen LogP contribution in [0.5, 0.6) is 0 Å². The highest BCUT2D eigenvalue weighted by Gasteiger charge is 2.32. The highest BCUT2D eigenvalue weighted by molar-refractivity contribution is 7.08. The standard InChI is InChI=1S/C10H12O4S/c1-6-4-15-5-7(6)8(9(11)13-2)10(12)14-3/h4-5,8H,1-3H3. The predicted octanol–water partition coefficient (Wildman–Crippen LogP) is 1.49. The smallest absolute Gasteiger partial charge is 0.324 e. The van der Waals surface area contributed by atoms with E-state index in [2.05, 4.69) is 9.47 Å². The average molecular weight is 228 g/mol. The zero-order valence-corrected chi connectivity index (χ0v) is 9.59. The number of hydrogen-bond donors (Lipinski definition) is 0. The molecule has 0 bridgehead atoms. The van der Waals surface area contributed by atoms with Crippen molar-refractivity contribution in [3.05, 3.63) is 21.9 Å². The lowest BCUT2D eigenvalue weighted by molar-refractivity contribution is -0.154. The fourth-order valence-electron chi connectivity index (χ4n) is 1.25. The molecule has 0 saturated heterocycles. The summed E-state index contributed by atoms with van der Waals surface area (Å²) in [5, 5.41) is 3.63. The van der Waals surface area contributed by atoms with E-state index in [1.54, 1.807) is 5.38 Å². The minimum Gasteiger partial charge on any atom is -0.468 e. The van der Waals surface area contributed by atoms with E-state index in [0.29, 0.717) is 5.56 Å². The average Bonchev–Trinajstić information content (AvgIpc) is 2.64. The van der Waals surface area contributed by atoms with Crippen LogP contribution in [0, 0.1) is 6.92 Å². The van der Waals surface area contributed by atoms with Crippen LogP contribution in [0.1, 0.15) is 17.0 Å². The molecule has 1 aromatic rings. The van der Waals surface area contributed by atoms with E-state index in [-0.39, 0.29) is 0 Å². The zero-order chi connectivity index (χ0) is 11.4. The predicted molar refractivity (Wildman–Crippen MR) is 55.8 cm³/mol. The molecular formula is C10H12O4S. The van der Waals surface area contributed by atoms with E-state index in [1.165, 1.54) is 25.6 Å². The molecule has 1 aromatic heterocycles. The summed E-state index contributed by atoms with van der Waals surface area (Å²) >= 11 is 1.43. The van der Waals surface area contributed by atoms with Gasteiger partial charge < -0.3 is 9.47 Å². The molecule has 1 rings (SSSR count). The van der Waals surface area contributed by atoms with E-state index < -0.39 is 17.9 Å². The van der Waals surface area contributed by atoms with Crippen molar-refractivity contribution in [2.24, 2.45) is 0 Å². The van der Waals surface area contributed by atoms with Crippen LogP contribution in [0.15, 0.2) is 10.8 Å². The molecule has 0 aliphatic rings. The number of thiophene rings is 1. The van der Waals surface area contributed by atoms with Gasteiger partial charge in [-0.15, -0.1) is 0 Å². The maximum Gasteiger partial charge on any atom is 0.324 e.